The summed E-state index contributed by atoms with van der Waals surface area (Å²) in [5.41, 5.74) is 1.06. The number of nitrogens with zero attached hydrogens (tertiary/aromatic N) is 5. The van der Waals surface area contributed by atoms with Crippen LogP contribution in [0.4, 0.5) is 11.5 Å². The van der Waals surface area contributed by atoms with Gasteiger partial charge in [-0.2, -0.15) is 10.4 Å². The molecule has 0 unspecified atom stereocenters. The number of hydrogen-bond donors (Lipinski definition) is 1. The summed E-state index contributed by atoms with van der Waals surface area (Å²) in [6.07, 6.45) is 6.54. The maximum Gasteiger partial charge on any atom is 0.183 e. The van der Waals surface area contributed by atoms with E-state index < -0.39 is 0 Å². The van der Waals surface area contributed by atoms with Gasteiger partial charge in [0.25, 0.3) is 0 Å². The largest absolute Gasteiger partial charge is 0.335 e. The lowest BCUT2D eigenvalue weighted by Crippen LogP contribution is -1.98. The monoisotopic (exact) mass is 214 g/mol. The van der Waals surface area contributed by atoms with Gasteiger partial charge in [0.1, 0.15) is 6.07 Å². The molecule has 0 spiro atoms. The molecular weight excluding hydrogens is 204 g/mol. The van der Waals surface area contributed by atoms with E-state index >= 15 is 0 Å². The minimum atomic E-state index is 0.270. The number of anilines is 2. The molecule has 2 heterocycles. The van der Waals surface area contributed by atoms with Crippen LogP contribution in [-0.2, 0) is 6.54 Å². The highest BCUT2D eigenvalue weighted by molar-refractivity contribution is 5.58. The Bertz CT molecular complexity index is 524. The normalized spacial score (nSPS) is 9.75. The second kappa shape index (κ2) is 4.40. The van der Waals surface area contributed by atoms with Gasteiger partial charge in [-0.05, 0) is 6.92 Å². The minimum Gasteiger partial charge on any atom is -0.335 e. The molecule has 80 valence electrons. The van der Waals surface area contributed by atoms with Gasteiger partial charge in [-0.25, -0.2) is 9.97 Å². The average Bonchev–Trinajstić information content (AvgIpc) is 2.77. The minimum absolute atomic E-state index is 0.270. The topological polar surface area (TPSA) is 79.4 Å². The molecule has 6 heteroatoms. The third-order valence-corrected chi connectivity index (χ3v) is 2.02. The summed E-state index contributed by atoms with van der Waals surface area (Å²) in [6, 6.07) is 1.97. The molecule has 0 saturated carbocycles. The highest BCUT2D eigenvalue weighted by Gasteiger charge is 2.05. The van der Waals surface area contributed by atoms with Crippen LogP contribution in [0, 0.1) is 11.3 Å². The van der Waals surface area contributed by atoms with Gasteiger partial charge in [-0.15, -0.1) is 0 Å². The van der Waals surface area contributed by atoms with E-state index in [9.17, 15) is 0 Å². The second-order valence-electron chi connectivity index (χ2n) is 3.08. The fourth-order valence-corrected chi connectivity index (χ4v) is 1.25. The van der Waals surface area contributed by atoms with Crippen LogP contribution in [0.3, 0.4) is 0 Å². The Labute approximate surface area is 92.6 Å². The van der Waals surface area contributed by atoms with E-state index in [0.29, 0.717) is 5.82 Å². The average molecular weight is 214 g/mol. The first kappa shape index (κ1) is 10.1. The number of aromatic nitrogens is 4. The zero-order valence-corrected chi connectivity index (χ0v) is 8.75. The Kier molecular flexibility index (Phi) is 2.78. The molecule has 0 radical (unpaired) electrons. The predicted octanol–water partition coefficient (Wildman–Crippen LogP) is 1.31. The van der Waals surface area contributed by atoms with Crippen LogP contribution in [0.5, 0.6) is 0 Å². The van der Waals surface area contributed by atoms with Crippen molar-refractivity contribution >= 4 is 11.5 Å². The third kappa shape index (κ3) is 1.98. The van der Waals surface area contributed by atoms with Crippen molar-refractivity contribution in [3.05, 3.63) is 30.5 Å². The van der Waals surface area contributed by atoms with Crippen molar-refractivity contribution in [3.63, 3.8) is 0 Å². The van der Waals surface area contributed by atoms with E-state index in [-0.39, 0.29) is 5.69 Å². The predicted molar refractivity (Wildman–Crippen MR) is 57.9 cm³/mol. The van der Waals surface area contributed by atoms with E-state index in [2.05, 4.69) is 20.4 Å². The zero-order chi connectivity index (χ0) is 11.4. The molecule has 16 heavy (non-hydrogen) atoms. The molecule has 2 aromatic rings. The molecule has 0 saturated heterocycles. The SMILES string of the molecule is CCn1cc(Nc2nccnc2C#N)cn1. The van der Waals surface area contributed by atoms with Gasteiger partial charge < -0.3 is 5.32 Å². The second-order valence-corrected chi connectivity index (χ2v) is 3.08. The van der Waals surface area contributed by atoms with Gasteiger partial charge >= 0.3 is 0 Å². The van der Waals surface area contributed by atoms with Crippen molar-refractivity contribution in [3.8, 4) is 6.07 Å². The van der Waals surface area contributed by atoms with Crippen LogP contribution in [0.25, 0.3) is 0 Å². The third-order valence-electron chi connectivity index (χ3n) is 2.02. The summed E-state index contributed by atoms with van der Waals surface area (Å²) >= 11 is 0. The van der Waals surface area contributed by atoms with Crippen LogP contribution in [0.15, 0.2) is 24.8 Å². The number of nitrogens with one attached hydrogen (secondary N) is 1. The standard InChI is InChI=1S/C10H10N6/c1-2-16-7-8(6-14-16)15-10-9(5-11)12-3-4-13-10/h3-4,6-7H,2H2,1H3,(H,13,15). The Morgan fingerprint density at radius 2 is 2.25 bits per heavy atom. The lowest BCUT2D eigenvalue weighted by Gasteiger charge is -2.02. The molecular formula is C10H10N6. The van der Waals surface area contributed by atoms with Crippen LogP contribution >= 0.6 is 0 Å². The van der Waals surface area contributed by atoms with Crippen LogP contribution in [0.1, 0.15) is 12.6 Å². The van der Waals surface area contributed by atoms with Gasteiger partial charge in [0, 0.05) is 25.1 Å². The lowest BCUT2D eigenvalue weighted by atomic mass is 10.4. The van der Waals surface area contributed by atoms with Gasteiger partial charge in [-0.1, -0.05) is 0 Å². The van der Waals surface area contributed by atoms with E-state index in [0.717, 1.165) is 12.2 Å². The molecule has 1 N–H and O–H groups in total. The molecule has 0 aliphatic carbocycles. The summed E-state index contributed by atoms with van der Waals surface area (Å²) < 4.78 is 1.78. The molecule has 0 fully saturated rings. The molecule has 0 aliphatic rings. The van der Waals surface area contributed by atoms with Crippen molar-refractivity contribution in [1.82, 2.24) is 19.7 Å². The van der Waals surface area contributed by atoms with Crippen molar-refractivity contribution in [2.24, 2.45) is 0 Å². The first-order valence-electron chi connectivity index (χ1n) is 4.84. The number of aryl methyl sites for hydroxylation is 1. The highest BCUT2D eigenvalue weighted by atomic mass is 15.3. The Balaban J connectivity index is 2.24. The summed E-state index contributed by atoms with van der Waals surface area (Å²) in [7, 11) is 0. The van der Waals surface area contributed by atoms with E-state index in [1.54, 1.807) is 10.9 Å². The zero-order valence-electron chi connectivity index (χ0n) is 8.75. The van der Waals surface area contributed by atoms with Crippen molar-refractivity contribution in [1.29, 1.82) is 5.26 Å². The van der Waals surface area contributed by atoms with E-state index in [1.165, 1.54) is 12.4 Å². The molecule has 0 amide bonds. The van der Waals surface area contributed by atoms with Crippen LogP contribution in [0.2, 0.25) is 0 Å². The summed E-state index contributed by atoms with van der Waals surface area (Å²) in [5, 5.41) is 15.9. The van der Waals surface area contributed by atoms with Crippen LogP contribution < -0.4 is 5.32 Å². The van der Waals surface area contributed by atoms with Crippen LogP contribution in [-0.4, -0.2) is 19.7 Å². The fourth-order valence-electron chi connectivity index (χ4n) is 1.25. The van der Waals surface area contributed by atoms with Gasteiger partial charge in [0.2, 0.25) is 0 Å². The molecule has 2 aromatic heterocycles. The first-order chi connectivity index (χ1) is 7.83. The summed E-state index contributed by atoms with van der Waals surface area (Å²) in [4.78, 5) is 7.95. The van der Waals surface area contributed by atoms with E-state index in [1.807, 2.05) is 19.2 Å². The van der Waals surface area contributed by atoms with Crippen molar-refractivity contribution < 1.29 is 0 Å². The maximum absolute atomic E-state index is 8.83. The molecule has 0 bridgehead atoms. The van der Waals surface area contributed by atoms with Crippen molar-refractivity contribution in [2.45, 2.75) is 13.5 Å². The lowest BCUT2D eigenvalue weighted by molar-refractivity contribution is 0.660. The molecule has 0 atom stereocenters. The molecule has 0 aromatic carbocycles. The van der Waals surface area contributed by atoms with Crippen molar-refractivity contribution in [2.75, 3.05) is 5.32 Å². The Morgan fingerprint density at radius 3 is 2.94 bits per heavy atom. The fraction of sp³-hybridized carbons (Fsp3) is 0.200. The molecule has 0 aliphatic heterocycles. The quantitative estimate of drug-likeness (QED) is 0.833. The Hall–Kier alpha value is -2.42. The highest BCUT2D eigenvalue weighted by Crippen LogP contribution is 2.14. The maximum atomic E-state index is 8.83. The first-order valence-corrected chi connectivity index (χ1v) is 4.84. The molecule has 2 rings (SSSR count). The number of hydrogen-bond acceptors (Lipinski definition) is 5. The number of rotatable bonds is 3. The Morgan fingerprint density at radius 1 is 1.44 bits per heavy atom. The summed E-state index contributed by atoms with van der Waals surface area (Å²) in [6.45, 7) is 2.80. The number of nitriles is 1. The summed E-state index contributed by atoms with van der Waals surface area (Å²) in [5.74, 6) is 0.445. The molecule has 6 nitrogen and oxygen atoms in total. The van der Waals surface area contributed by atoms with Gasteiger partial charge in [0.05, 0.1) is 11.9 Å². The van der Waals surface area contributed by atoms with Gasteiger partial charge in [0.15, 0.2) is 11.5 Å². The van der Waals surface area contributed by atoms with E-state index in [4.69, 9.17) is 5.26 Å². The van der Waals surface area contributed by atoms with Gasteiger partial charge in [-0.3, -0.25) is 4.68 Å². The smallest absolute Gasteiger partial charge is 0.183 e.